The van der Waals surface area contributed by atoms with Crippen LogP contribution >= 0.6 is 0 Å². The van der Waals surface area contributed by atoms with Gasteiger partial charge in [0.1, 0.15) is 11.5 Å². The van der Waals surface area contributed by atoms with Gasteiger partial charge in [0.15, 0.2) is 11.6 Å². The molecule has 0 aliphatic rings. The van der Waals surface area contributed by atoms with Gasteiger partial charge in [-0.1, -0.05) is 146 Å². The zero-order valence-electron chi connectivity index (χ0n) is 23.3. The Bertz CT molecular complexity index is 1460. The Kier molecular flexibility index (Phi) is 15.6. The molecule has 0 heterocycles. The van der Waals surface area contributed by atoms with Gasteiger partial charge in [-0.3, -0.25) is 9.59 Å². The fourth-order valence-corrected chi connectivity index (χ4v) is 3.46. The van der Waals surface area contributed by atoms with Crippen molar-refractivity contribution in [1.29, 1.82) is 0 Å². The predicted octanol–water partition coefficient (Wildman–Crippen LogP) is 8.85. The van der Waals surface area contributed by atoms with E-state index < -0.39 is 0 Å². The van der Waals surface area contributed by atoms with E-state index in [1.54, 1.807) is 24.3 Å². The molecule has 5 heteroatoms. The van der Waals surface area contributed by atoms with E-state index in [1.165, 1.54) is 36.5 Å². The van der Waals surface area contributed by atoms with Gasteiger partial charge in [0.2, 0.25) is 0 Å². The normalized spacial score (nSPS) is 11.8. The number of aliphatic hydroxyl groups is 2. The summed E-state index contributed by atoms with van der Waals surface area (Å²) in [5.41, 5.74) is 3.81. The van der Waals surface area contributed by atoms with Crippen molar-refractivity contribution in [2.75, 3.05) is 0 Å². The molecule has 0 atom stereocenters. The number of carbonyl (C=O) groups excluding carboxylic acids is 2. The van der Waals surface area contributed by atoms with Crippen LogP contribution in [0.5, 0.6) is 0 Å². The molecule has 0 unspecified atom stereocenters. The molecule has 1 radical (unpaired) electrons. The van der Waals surface area contributed by atoms with Crippen LogP contribution in [0.4, 0.5) is 0 Å². The molecule has 0 aliphatic heterocycles. The first-order valence-electron chi connectivity index (χ1n) is 13.3. The molecular weight excluding hydrogens is 584 g/mol. The Morgan fingerprint density at radius 1 is 0.395 bits per heavy atom. The number of rotatable bonds is 10. The van der Waals surface area contributed by atoms with Crippen LogP contribution < -0.4 is 0 Å². The van der Waals surface area contributed by atoms with Gasteiger partial charge in [0.05, 0.1) is 0 Å². The number of hydrogen-bond donors (Lipinski definition) is 2. The van der Waals surface area contributed by atoms with E-state index in [0.717, 1.165) is 22.3 Å². The van der Waals surface area contributed by atoms with E-state index in [9.17, 15) is 19.8 Å². The SMILES string of the molecule is O=C(/C=C(O)/C=C/c1ccccc1)/C=C/c1ccccc1.O=C(/C=C(O)/C=C/c1ccccc1)/C=C/c1ccccc1.[Cu]. The Morgan fingerprint density at radius 3 is 0.884 bits per heavy atom. The second-order valence-corrected chi connectivity index (χ2v) is 8.92. The molecule has 219 valence electrons. The summed E-state index contributed by atoms with van der Waals surface area (Å²) in [4.78, 5) is 23.4. The monoisotopic (exact) mass is 615 g/mol. The molecule has 4 aromatic carbocycles. The van der Waals surface area contributed by atoms with Crippen molar-refractivity contribution in [3.63, 3.8) is 0 Å². The number of benzene rings is 4. The summed E-state index contributed by atoms with van der Waals surface area (Å²) < 4.78 is 0. The van der Waals surface area contributed by atoms with Crippen LogP contribution in [0, 0.1) is 0 Å². The maximum atomic E-state index is 11.7. The van der Waals surface area contributed by atoms with E-state index in [1.807, 2.05) is 121 Å². The number of allylic oxidation sites excluding steroid dienone is 6. The van der Waals surface area contributed by atoms with Gasteiger partial charge in [-0.05, 0) is 46.6 Å². The van der Waals surface area contributed by atoms with Gasteiger partial charge in [0, 0.05) is 29.2 Å². The Labute approximate surface area is 263 Å². The third-order valence-electron chi connectivity index (χ3n) is 5.55. The zero-order valence-corrected chi connectivity index (χ0v) is 24.3. The molecule has 0 saturated carbocycles. The molecule has 4 aromatic rings. The minimum Gasteiger partial charge on any atom is -0.508 e. The Morgan fingerprint density at radius 2 is 0.628 bits per heavy atom. The van der Waals surface area contributed by atoms with Crippen LogP contribution in [-0.4, -0.2) is 21.8 Å². The topological polar surface area (TPSA) is 74.6 Å². The average molecular weight is 616 g/mol. The molecule has 43 heavy (non-hydrogen) atoms. The van der Waals surface area contributed by atoms with Crippen LogP contribution in [0.15, 0.2) is 169 Å². The predicted molar refractivity (Wildman–Crippen MR) is 173 cm³/mol. The van der Waals surface area contributed by atoms with Crippen LogP contribution in [0.3, 0.4) is 0 Å². The summed E-state index contributed by atoms with van der Waals surface area (Å²) in [5.74, 6) is -0.647. The summed E-state index contributed by atoms with van der Waals surface area (Å²) in [6.45, 7) is 0. The number of aliphatic hydroxyl groups excluding tert-OH is 2. The summed E-state index contributed by atoms with van der Waals surface area (Å²) in [6.07, 6.45) is 15.2. The van der Waals surface area contributed by atoms with Gasteiger partial charge in [-0.15, -0.1) is 0 Å². The molecule has 0 bridgehead atoms. The van der Waals surface area contributed by atoms with Crippen molar-refractivity contribution in [3.05, 3.63) is 192 Å². The van der Waals surface area contributed by atoms with E-state index in [-0.39, 0.29) is 40.2 Å². The quantitative estimate of drug-likeness (QED) is 0.0809. The van der Waals surface area contributed by atoms with Gasteiger partial charge in [-0.25, -0.2) is 0 Å². The van der Waals surface area contributed by atoms with Crippen molar-refractivity contribution >= 4 is 35.9 Å². The fourth-order valence-electron chi connectivity index (χ4n) is 3.46. The summed E-state index contributed by atoms with van der Waals surface area (Å²) in [5, 5.41) is 19.4. The molecular formula is C38H32CuO4. The first kappa shape index (κ1) is 34.0. The van der Waals surface area contributed by atoms with Gasteiger partial charge >= 0.3 is 0 Å². The van der Waals surface area contributed by atoms with Crippen LogP contribution in [0.2, 0.25) is 0 Å². The molecule has 0 saturated heterocycles. The molecule has 0 spiro atoms. The third-order valence-corrected chi connectivity index (χ3v) is 5.55. The smallest absolute Gasteiger partial charge is 0.182 e. The van der Waals surface area contributed by atoms with Crippen molar-refractivity contribution in [1.82, 2.24) is 0 Å². The minimum atomic E-state index is -0.255. The van der Waals surface area contributed by atoms with E-state index in [4.69, 9.17) is 0 Å². The Hall–Kier alpha value is -5.22. The molecule has 0 fully saturated rings. The summed E-state index contributed by atoms with van der Waals surface area (Å²) in [7, 11) is 0. The molecule has 2 N–H and O–H groups in total. The Balaban J connectivity index is 0.000000293. The van der Waals surface area contributed by atoms with Gasteiger partial charge in [0.25, 0.3) is 0 Å². The first-order valence-corrected chi connectivity index (χ1v) is 13.3. The van der Waals surface area contributed by atoms with E-state index >= 15 is 0 Å². The largest absolute Gasteiger partial charge is 0.508 e. The summed E-state index contributed by atoms with van der Waals surface area (Å²) in [6, 6.07) is 38.2. The van der Waals surface area contributed by atoms with Crippen LogP contribution in [0.1, 0.15) is 22.3 Å². The van der Waals surface area contributed by atoms with E-state index in [0.29, 0.717) is 0 Å². The molecule has 0 amide bonds. The molecule has 4 nitrogen and oxygen atoms in total. The van der Waals surface area contributed by atoms with E-state index in [2.05, 4.69) is 0 Å². The standard InChI is InChI=1S/2C19H16O2.Cu/c2*20-18(13-11-16-7-3-1-4-8-16)15-19(21)14-12-17-9-5-2-6-10-17;/h2*1-15,20H;/b2*13-11+,14-12+,18-15-;. The van der Waals surface area contributed by atoms with Gasteiger partial charge < -0.3 is 10.2 Å². The second-order valence-electron chi connectivity index (χ2n) is 8.92. The number of carbonyl (C=O) groups is 2. The second kappa shape index (κ2) is 19.8. The first-order chi connectivity index (χ1) is 20.5. The molecule has 4 rings (SSSR count). The summed E-state index contributed by atoms with van der Waals surface area (Å²) >= 11 is 0. The maximum Gasteiger partial charge on any atom is 0.182 e. The molecule has 0 aliphatic carbocycles. The van der Waals surface area contributed by atoms with Gasteiger partial charge in [-0.2, -0.15) is 0 Å². The zero-order chi connectivity index (χ0) is 29.8. The maximum absolute atomic E-state index is 11.7. The molecule has 0 aromatic heterocycles. The number of hydrogen-bond acceptors (Lipinski definition) is 4. The fraction of sp³-hybridized carbons (Fsp3) is 0. The average Bonchev–Trinajstić information content (AvgIpc) is 3.03. The van der Waals surface area contributed by atoms with Crippen molar-refractivity contribution in [2.24, 2.45) is 0 Å². The number of ketones is 2. The van der Waals surface area contributed by atoms with Crippen molar-refractivity contribution in [3.8, 4) is 0 Å². The van der Waals surface area contributed by atoms with Crippen molar-refractivity contribution < 1.29 is 36.9 Å². The minimum absolute atomic E-state index is 0. The third kappa shape index (κ3) is 14.8. The van der Waals surface area contributed by atoms with Crippen LogP contribution in [-0.2, 0) is 26.7 Å². The van der Waals surface area contributed by atoms with Crippen LogP contribution in [0.25, 0.3) is 24.3 Å². The van der Waals surface area contributed by atoms with Crippen molar-refractivity contribution in [2.45, 2.75) is 0 Å².